The lowest BCUT2D eigenvalue weighted by molar-refractivity contribution is -0.383. The molecule has 1 aliphatic rings. The number of nitrogens with zero attached hydrogens (tertiary/aromatic N) is 4. The predicted octanol–water partition coefficient (Wildman–Crippen LogP) is 1.84. The number of non-ortho nitro benzene ring substituents is 1. The zero-order valence-corrected chi connectivity index (χ0v) is 11.6. The molecule has 2 heterocycles. The van der Waals surface area contributed by atoms with E-state index in [0.717, 1.165) is 31.5 Å². The second-order valence-corrected chi connectivity index (χ2v) is 5.24. The summed E-state index contributed by atoms with van der Waals surface area (Å²) in [6.45, 7) is 1.51. The number of hydrogen-bond donors (Lipinski definition) is 1. The third-order valence-electron chi connectivity index (χ3n) is 4.01. The highest BCUT2D eigenvalue weighted by Crippen LogP contribution is 2.34. The van der Waals surface area contributed by atoms with Gasteiger partial charge in [0.25, 0.3) is 0 Å². The molecule has 1 aromatic heterocycles. The predicted molar refractivity (Wildman–Crippen MR) is 77.1 cm³/mol. The van der Waals surface area contributed by atoms with Gasteiger partial charge >= 0.3 is 5.69 Å². The highest BCUT2D eigenvalue weighted by atomic mass is 16.6. The topological polar surface area (TPSA) is 111 Å². The van der Waals surface area contributed by atoms with Crippen LogP contribution in [0.1, 0.15) is 25.7 Å². The average Bonchev–Trinajstić information content (AvgIpc) is 2.96. The number of nitro benzene ring substituents is 1. The van der Waals surface area contributed by atoms with Crippen LogP contribution in [0.25, 0.3) is 11.0 Å². The van der Waals surface area contributed by atoms with E-state index in [9.17, 15) is 10.1 Å². The molecule has 0 bridgehead atoms. The van der Waals surface area contributed by atoms with Crippen LogP contribution in [0.4, 0.5) is 11.4 Å². The van der Waals surface area contributed by atoms with E-state index in [1.807, 2.05) is 0 Å². The van der Waals surface area contributed by atoms with Gasteiger partial charge in [0, 0.05) is 18.7 Å². The molecule has 1 saturated heterocycles. The van der Waals surface area contributed by atoms with Crippen LogP contribution in [0.15, 0.2) is 16.8 Å². The van der Waals surface area contributed by atoms with Gasteiger partial charge in [-0.2, -0.15) is 0 Å². The number of nitro groups is 1. The molecule has 112 valence electrons. The van der Waals surface area contributed by atoms with Crippen LogP contribution in [0, 0.1) is 10.1 Å². The third kappa shape index (κ3) is 2.42. The molecule has 8 nitrogen and oxygen atoms in total. The second kappa shape index (κ2) is 5.65. The maximum absolute atomic E-state index is 11.0. The summed E-state index contributed by atoms with van der Waals surface area (Å²) in [6.07, 6.45) is 4.23. The van der Waals surface area contributed by atoms with Crippen molar-refractivity contribution in [1.29, 1.82) is 0 Å². The zero-order chi connectivity index (χ0) is 14.8. The fraction of sp³-hybridized carbons (Fsp3) is 0.538. The Bertz CT molecular complexity index is 654. The molecule has 0 spiro atoms. The Labute approximate surface area is 121 Å². The van der Waals surface area contributed by atoms with E-state index in [4.69, 9.17) is 10.4 Å². The summed E-state index contributed by atoms with van der Waals surface area (Å²) in [4.78, 5) is 12.8. The maximum atomic E-state index is 11.0. The lowest BCUT2D eigenvalue weighted by Crippen LogP contribution is -2.40. The van der Waals surface area contributed by atoms with Crippen molar-refractivity contribution in [2.24, 2.45) is 5.73 Å². The Morgan fingerprint density at radius 3 is 2.95 bits per heavy atom. The summed E-state index contributed by atoms with van der Waals surface area (Å²) in [5.74, 6) is 0. The molecule has 1 aromatic carbocycles. The molecule has 2 aromatic rings. The molecule has 0 radical (unpaired) electrons. The van der Waals surface area contributed by atoms with Gasteiger partial charge in [-0.25, -0.2) is 4.63 Å². The maximum Gasteiger partial charge on any atom is 0.300 e. The van der Waals surface area contributed by atoms with Crippen LogP contribution in [-0.4, -0.2) is 34.4 Å². The molecule has 1 fully saturated rings. The minimum atomic E-state index is -0.468. The van der Waals surface area contributed by atoms with Crippen molar-refractivity contribution < 1.29 is 9.55 Å². The summed E-state index contributed by atoms with van der Waals surface area (Å²) >= 11 is 0. The Morgan fingerprint density at radius 2 is 2.19 bits per heavy atom. The first kappa shape index (κ1) is 13.7. The van der Waals surface area contributed by atoms with Gasteiger partial charge in [0.2, 0.25) is 5.52 Å². The second-order valence-electron chi connectivity index (χ2n) is 5.24. The van der Waals surface area contributed by atoms with Gasteiger partial charge in [0.05, 0.1) is 10.6 Å². The average molecular weight is 291 g/mol. The fourth-order valence-corrected chi connectivity index (χ4v) is 3.03. The molecule has 0 amide bonds. The van der Waals surface area contributed by atoms with Crippen LogP contribution in [0.2, 0.25) is 0 Å². The van der Waals surface area contributed by atoms with Crippen LogP contribution in [0.3, 0.4) is 0 Å². The number of benzene rings is 1. The summed E-state index contributed by atoms with van der Waals surface area (Å²) < 4.78 is 4.73. The van der Waals surface area contributed by atoms with Gasteiger partial charge in [-0.1, -0.05) is 0 Å². The van der Waals surface area contributed by atoms with Crippen molar-refractivity contribution >= 4 is 22.4 Å². The Hall–Kier alpha value is -2.22. The van der Waals surface area contributed by atoms with Crippen LogP contribution in [0.5, 0.6) is 0 Å². The Morgan fingerprint density at radius 1 is 1.38 bits per heavy atom. The van der Waals surface area contributed by atoms with E-state index < -0.39 is 4.92 Å². The van der Waals surface area contributed by atoms with Gasteiger partial charge in [-0.15, -0.1) is 0 Å². The molecule has 0 saturated carbocycles. The molecule has 21 heavy (non-hydrogen) atoms. The van der Waals surface area contributed by atoms with Crippen molar-refractivity contribution in [3.05, 3.63) is 22.2 Å². The van der Waals surface area contributed by atoms with Gasteiger partial charge in [0.15, 0.2) is 5.52 Å². The van der Waals surface area contributed by atoms with Crippen molar-refractivity contribution in [3.63, 3.8) is 0 Å². The highest BCUT2D eigenvalue weighted by Gasteiger charge is 2.27. The van der Waals surface area contributed by atoms with Crippen molar-refractivity contribution in [2.45, 2.75) is 31.7 Å². The Kier molecular flexibility index (Phi) is 3.70. The van der Waals surface area contributed by atoms with E-state index in [1.165, 1.54) is 12.5 Å². The first-order valence-electron chi connectivity index (χ1n) is 7.08. The molecular weight excluding hydrogens is 274 g/mol. The molecule has 0 aliphatic carbocycles. The molecule has 8 heteroatoms. The molecule has 1 aliphatic heterocycles. The lowest BCUT2D eigenvalue weighted by atomic mass is 9.98. The number of hydrogen-bond acceptors (Lipinski definition) is 7. The van der Waals surface area contributed by atoms with Gasteiger partial charge in [-0.05, 0) is 48.6 Å². The minimum absolute atomic E-state index is 0.0811. The van der Waals surface area contributed by atoms with Crippen molar-refractivity contribution in [1.82, 2.24) is 10.3 Å². The molecule has 1 atom stereocenters. The SMILES string of the molecule is NCCC1CCCCN1c1ccc([N+](=O)[O-])c2nonc12. The zero-order valence-electron chi connectivity index (χ0n) is 11.6. The normalized spacial score (nSPS) is 19.1. The van der Waals surface area contributed by atoms with Gasteiger partial charge < -0.3 is 10.6 Å². The van der Waals surface area contributed by atoms with Gasteiger partial charge in [0.1, 0.15) is 0 Å². The van der Waals surface area contributed by atoms with Crippen molar-refractivity contribution in [3.8, 4) is 0 Å². The van der Waals surface area contributed by atoms with E-state index >= 15 is 0 Å². The summed E-state index contributed by atoms with van der Waals surface area (Å²) in [6, 6.07) is 3.54. The standard InChI is InChI=1S/C13H17N5O3/c14-7-6-9-3-1-2-8-17(9)10-4-5-11(18(19)20)13-12(10)15-21-16-13/h4-5,9H,1-3,6-8,14H2. The monoisotopic (exact) mass is 291 g/mol. The summed E-state index contributed by atoms with van der Waals surface area (Å²) in [5, 5.41) is 18.6. The molecule has 3 rings (SSSR count). The number of nitrogens with two attached hydrogens (primary N) is 1. The van der Waals surface area contributed by atoms with Crippen LogP contribution in [-0.2, 0) is 0 Å². The van der Waals surface area contributed by atoms with Crippen LogP contribution >= 0.6 is 0 Å². The lowest BCUT2D eigenvalue weighted by Gasteiger charge is -2.37. The molecule has 1 unspecified atom stereocenters. The van der Waals surface area contributed by atoms with E-state index in [1.54, 1.807) is 6.07 Å². The largest absolute Gasteiger partial charge is 0.367 e. The van der Waals surface area contributed by atoms with Gasteiger partial charge in [-0.3, -0.25) is 10.1 Å². The van der Waals surface area contributed by atoms with E-state index in [2.05, 4.69) is 15.2 Å². The summed E-state index contributed by atoms with van der Waals surface area (Å²) in [7, 11) is 0. The van der Waals surface area contributed by atoms with E-state index in [-0.39, 0.29) is 11.2 Å². The number of anilines is 1. The first-order chi connectivity index (χ1) is 10.2. The quantitative estimate of drug-likeness (QED) is 0.675. The first-order valence-corrected chi connectivity index (χ1v) is 7.08. The fourth-order valence-electron chi connectivity index (χ4n) is 3.03. The van der Waals surface area contributed by atoms with Crippen molar-refractivity contribution in [2.75, 3.05) is 18.0 Å². The van der Waals surface area contributed by atoms with E-state index in [0.29, 0.717) is 18.1 Å². The molecular formula is C13H17N5O3. The minimum Gasteiger partial charge on any atom is -0.367 e. The Balaban J connectivity index is 2.05. The number of piperidine rings is 1. The number of rotatable bonds is 4. The summed E-state index contributed by atoms with van der Waals surface area (Å²) in [5.41, 5.74) is 7.11. The smallest absolute Gasteiger partial charge is 0.300 e. The highest BCUT2D eigenvalue weighted by molar-refractivity contribution is 5.94. The third-order valence-corrected chi connectivity index (χ3v) is 4.01. The molecule has 2 N–H and O–H groups in total. The van der Waals surface area contributed by atoms with Crippen LogP contribution < -0.4 is 10.6 Å². The number of fused-ring (bicyclic) bond motifs is 1. The number of aromatic nitrogens is 2.